The number of aliphatic hydroxyl groups is 1. The minimum atomic E-state index is 0. The van der Waals surface area contributed by atoms with Crippen LogP contribution in [0.1, 0.15) is 33.6 Å². The van der Waals surface area contributed by atoms with Crippen molar-refractivity contribution in [3.8, 4) is 0 Å². The Balaban J connectivity index is 0.000000720. The molecule has 0 radical (unpaired) electrons. The van der Waals surface area contributed by atoms with Crippen molar-refractivity contribution < 1.29 is 5.11 Å². The van der Waals surface area contributed by atoms with Gasteiger partial charge in [-0.05, 0) is 30.3 Å². The van der Waals surface area contributed by atoms with E-state index in [0.717, 1.165) is 6.42 Å². The van der Waals surface area contributed by atoms with Gasteiger partial charge in [-0.2, -0.15) is 0 Å². The highest BCUT2D eigenvalue weighted by Crippen LogP contribution is 2.64. The van der Waals surface area contributed by atoms with Gasteiger partial charge in [0.05, 0.1) is 5.76 Å². The molecule has 0 spiro atoms. The second-order valence-corrected chi connectivity index (χ2v) is 4.75. The molecule has 0 saturated heterocycles. The van der Waals surface area contributed by atoms with Crippen LogP contribution in [-0.2, 0) is 0 Å². The Morgan fingerprint density at radius 1 is 1.42 bits per heavy atom. The van der Waals surface area contributed by atoms with Crippen LogP contribution in [0.5, 0.6) is 0 Å². The van der Waals surface area contributed by atoms with E-state index in [1.807, 2.05) is 0 Å². The fourth-order valence-electron chi connectivity index (χ4n) is 2.66. The van der Waals surface area contributed by atoms with Crippen LogP contribution < -0.4 is 0 Å². The van der Waals surface area contributed by atoms with Crippen LogP contribution >= 0.6 is 12.4 Å². The van der Waals surface area contributed by atoms with E-state index < -0.39 is 0 Å². The molecule has 2 atom stereocenters. The van der Waals surface area contributed by atoms with Gasteiger partial charge >= 0.3 is 0 Å². The normalized spacial score (nSPS) is 42.2. The number of allylic oxidation sites excluding steroid dienone is 2. The molecule has 70 valence electrons. The summed E-state index contributed by atoms with van der Waals surface area (Å²) in [7, 11) is 0. The molecule has 1 saturated carbocycles. The van der Waals surface area contributed by atoms with Gasteiger partial charge in [0.15, 0.2) is 0 Å². The van der Waals surface area contributed by atoms with Crippen molar-refractivity contribution in [2.45, 2.75) is 33.6 Å². The number of hydrogen-bond acceptors (Lipinski definition) is 1. The van der Waals surface area contributed by atoms with Crippen LogP contribution in [0.15, 0.2) is 11.8 Å². The van der Waals surface area contributed by atoms with E-state index in [-0.39, 0.29) is 23.2 Å². The predicted octanol–water partition coefficient (Wildman–Crippen LogP) is 3.31. The molecule has 1 N–H and O–H groups in total. The summed E-state index contributed by atoms with van der Waals surface area (Å²) >= 11 is 0. The lowest BCUT2D eigenvalue weighted by molar-refractivity contribution is 0.123. The quantitative estimate of drug-likeness (QED) is 0.619. The Hall–Kier alpha value is -0.170. The van der Waals surface area contributed by atoms with Crippen molar-refractivity contribution in [1.29, 1.82) is 0 Å². The zero-order valence-electron chi connectivity index (χ0n) is 7.92. The average Bonchev–Trinajstić information content (AvgIpc) is 2.20. The number of fused-ring (bicyclic) bond motifs is 2. The first kappa shape index (κ1) is 9.91. The fraction of sp³-hybridized carbons (Fsp3) is 0.800. The molecule has 1 fully saturated rings. The molecular weight excluding hydrogens is 172 g/mol. The Kier molecular flexibility index (Phi) is 1.99. The maximum absolute atomic E-state index is 9.68. The van der Waals surface area contributed by atoms with Gasteiger partial charge in [0, 0.05) is 5.41 Å². The Morgan fingerprint density at radius 2 is 2.00 bits per heavy atom. The van der Waals surface area contributed by atoms with E-state index in [1.165, 1.54) is 6.42 Å². The number of halogens is 1. The molecule has 2 heteroatoms. The smallest absolute Gasteiger partial charge is 0.0950 e. The first-order valence-corrected chi connectivity index (χ1v) is 4.40. The van der Waals surface area contributed by atoms with Crippen molar-refractivity contribution in [2.24, 2.45) is 16.7 Å². The summed E-state index contributed by atoms with van der Waals surface area (Å²) in [4.78, 5) is 0. The Bertz CT molecular complexity index is 232. The van der Waals surface area contributed by atoms with E-state index >= 15 is 0 Å². The molecule has 12 heavy (non-hydrogen) atoms. The van der Waals surface area contributed by atoms with Crippen LogP contribution in [0.4, 0.5) is 0 Å². The first-order chi connectivity index (χ1) is 4.98. The molecule has 2 aliphatic carbocycles. The lowest BCUT2D eigenvalue weighted by atomic mass is 9.70. The largest absolute Gasteiger partial charge is 0.512 e. The van der Waals surface area contributed by atoms with E-state index in [1.54, 1.807) is 0 Å². The zero-order chi connectivity index (χ0) is 8.28. The summed E-state index contributed by atoms with van der Waals surface area (Å²) in [5.74, 6) is 1.26. The van der Waals surface area contributed by atoms with Gasteiger partial charge in [-0.15, -0.1) is 12.4 Å². The van der Waals surface area contributed by atoms with E-state index in [0.29, 0.717) is 11.7 Å². The van der Waals surface area contributed by atoms with Gasteiger partial charge in [-0.25, -0.2) is 0 Å². The van der Waals surface area contributed by atoms with Gasteiger partial charge < -0.3 is 5.11 Å². The highest BCUT2D eigenvalue weighted by Gasteiger charge is 2.57. The van der Waals surface area contributed by atoms with E-state index in [4.69, 9.17) is 0 Å². The fourth-order valence-corrected chi connectivity index (χ4v) is 2.66. The summed E-state index contributed by atoms with van der Waals surface area (Å²) in [6.07, 6.45) is 4.48. The van der Waals surface area contributed by atoms with Crippen molar-refractivity contribution in [1.82, 2.24) is 0 Å². The summed E-state index contributed by atoms with van der Waals surface area (Å²) in [5, 5.41) is 9.68. The molecule has 0 aromatic rings. The maximum Gasteiger partial charge on any atom is 0.0950 e. The summed E-state index contributed by atoms with van der Waals surface area (Å²) in [6.45, 7) is 6.72. The third-order valence-electron chi connectivity index (χ3n) is 4.23. The van der Waals surface area contributed by atoms with Crippen LogP contribution in [0.3, 0.4) is 0 Å². The van der Waals surface area contributed by atoms with Gasteiger partial charge in [0.25, 0.3) is 0 Å². The highest BCUT2D eigenvalue weighted by molar-refractivity contribution is 5.85. The SMILES string of the molecule is CC1(C)[C@H]2C=C(O)[C@]1(C)CC2.Cl. The van der Waals surface area contributed by atoms with E-state index in [2.05, 4.69) is 26.8 Å². The summed E-state index contributed by atoms with van der Waals surface area (Å²) in [6, 6.07) is 0. The second kappa shape index (κ2) is 2.41. The molecule has 0 amide bonds. The molecule has 0 heterocycles. The second-order valence-electron chi connectivity index (χ2n) is 4.75. The maximum atomic E-state index is 9.68. The number of aliphatic hydroxyl groups excluding tert-OH is 1. The van der Waals surface area contributed by atoms with Gasteiger partial charge in [0.1, 0.15) is 0 Å². The van der Waals surface area contributed by atoms with Gasteiger partial charge in [-0.3, -0.25) is 0 Å². The highest BCUT2D eigenvalue weighted by atomic mass is 35.5. The first-order valence-electron chi connectivity index (χ1n) is 4.40. The molecule has 2 aliphatic rings. The third-order valence-corrected chi connectivity index (χ3v) is 4.23. The molecule has 0 unspecified atom stereocenters. The lowest BCUT2D eigenvalue weighted by Gasteiger charge is -2.34. The molecular formula is C10H17ClO. The van der Waals surface area contributed by atoms with E-state index in [9.17, 15) is 5.11 Å². The Morgan fingerprint density at radius 3 is 2.17 bits per heavy atom. The van der Waals surface area contributed by atoms with Crippen LogP contribution in [0.25, 0.3) is 0 Å². The standard InChI is InChI=1S/C10H16O.ClH/c1-9(2)7-4-5-10(9,3)8(11)6-7;/h6-7,11H,4-5H2,1-3H3;1H/t7-,10+;/m1./s1. The molecule has 0 aromatic heterocycles. The lowest BCUT2D eigenvalue weighted by Crippen LogP contribution is -2.29. The van der Waals surface area contributed by atoms with Crippen LogP contribution in [0, 0.1) is 16.7 Å². The van der Waals surface area contributed by atoms with Crippen molar-refractivity contribution in [2.75, 3.05) is 0 Å². The number of hydrogen-bond donors (Lipinski definition) is 1. The average molecular weight is 189 g/mol. The summed E-state index contributed by atoms with van der Waals surface area (Å²) < 4.78 is 0. The molecule has 2 rings (SSSR count). The van der Waals surface area contributed by atoms with Gasteiger partial charge in [0.2, 0.25) is 0 Å². The number of rotatable bonds is 0. The van der Waals surface area contributed by atoms with Crippen molar-refractivity contribution in [3.05, 3.63) is 11.8 Å². The predicted molar refractivity (Wildman–Crippen MR) is 52.6 cm³/mol. The molecule has 1 nitrogen and oxygen atoms in total. The zero-order valence-corrected chi connectivity index (χ0v) is 8.74. The van der Waals surface area contributed by atoms with Crippen LogP contribution in [0.2, 0.25) is 0 Å². The molecule has 0 aromatic carbocycles. The summed E-state index contributed by atoms with van der Waals surface area (Å²) in [5.41, 5.74) is 0.370. The van der Waals surface area contributed by atoms with Crippen molar-refractivity contribution in [3.63, 3.8) is 0 Å². The van der Waals surface area contributed by atoms with Crippen molar-refractivity contribution >= 4 is 12.4 Å². The third kappa shape index (κ3) is 0.806. The van der Waals surface area contributed by atoms with Gasteiger partial charge in [-0.1, -0.05) is 20.8 Å². The topological polar surface area (TPSA) is 20.2 Å². The molecule has 2 bridgehead atoms. The Labute approximate surface area is 80.3 Å². The monoisotopic (exact) mass is 188 g/mol. The minimum absolute atomic E-state index is 0. The molecule has 0 aliphatic heterocycles. The minimum Gasteiger partial charge on any atom is -0.512 e. The van der Waals surface area contributed by atoms with Crippen LogP contribution in [-0.4, -0.2) is 5.11 Å².